The van der Waals surface area contributed by atoms with E-state index in [0.29, 0.717) is 53.2 Å². The van der Waals surface area contributed by atoms with Crippen molar-refractivity contribution >= 4 is 34.8 Å². The standard InChI is InChI=1S/C23H24Cl2FN5O2/c1-14-12-29(19-11-20(33-3)16(24)10-17(19)26)8-9-30(14)21(32)13-31-15(2)22(25)23(28-31)18-6-4-5-7-27-18/h4-7,10-11,14H,8-9,12-13H2,1-3H3/t14-/m0/s1. The maximum absolute atomic E-state index is 14.6. The van der Waals surface area contributed by atoms with Crippen LogP contribution in [0.2, 0.25) is 10.0 Å². The third-order valence-electron chi connectivity index (χ3n) is 5.84. The van der Waals surface area contributed by atoms with Crippen molar-refractivity contribution in [1.82, 2.24) is 19.7 Å². The predicted molar refractivity (Wildman–Crippen MR) is 127 cm³/mol. The fourth-order valence-corrected chi connectivity index (χ4v) is 4.49. The summed E-state index contributed by atoms with van der Waals surface area (Å²) in [6.07, 6.45) is 1.67. The summed E-state index contributed by atoms with van der Waals surface area (Å²) in [5, 5.41) is 5.23. The van der Waals surface area contributed by atoms with Gasteiger partial charge in [-0.1, -0.05) is 29.3 Å². The number of ether oxygens (including phenoxy) is 1. The number of aromatic nitrogens is 3. The Labute approximate surface area is 201 Å². The van der Waals surface area contributed by atoms with Gasteiger partial charge >= 0.3 is 0 Å². The number of hydrogen-bond acceptors (Lipinski definition) is 5. The van der Waals surface area contributed by atoms with Crippen LogP contribution in [0, 0.1) is 12.7 Å². The molecule has 0 radical (unpaired) electrons. The van der Waals surface area contributed by atoms with Crippen molar-refractivity contribution in [3.05, 3.63) is 58.1 Å². The summed E-state index contributed by atoms with van der Waals surface area (Å²) in [7, 11) is 1.49. The van der Waals surface area contributed by atoms with Gasteiger partial charge in [0.1, 0.15) is 23.8 Å². The normalized spacial score (nSPS) is 16.2. The monoisotopic (exact) mass is 491 g/mol. The van der Waals surface area contributed by atoms with E-state index in [1.54, 1.807) is 21.8 Å². The van der Waals surface area contributed by atoms with Gasteiger partial charge in [-0.25, -0.2) is 4.39 Å². The largest absolute Gasteiger partial charge is 0.495 e. The molecule has 0 spiro atoms. The minimum absolute atomic E-state index is 0.0614. The molecule has 7 nitrogen and oxygen atoms in total. The van der Waals surface area contributed by atoms with Gasteiger partial charge in [0.05, 0.1) is 34.2 Å². The van der Waals surface area contributed by atoms with Gasteiger partial charge in [0.15, 0.2) is 0 Å². The minimum atomic E-state index is -0.420. The quantitative estimate of drug-likeness (QED) is 0.527. The fraction of sp³-hybridized carbons (Fsp3) is 0.348. The zero-order chi connectivity index (χ0) is 23.7. The molecule has 0 unspecified atom stereocenters. The first-order valence-electron chi connectivity index (χ1n) is 10.5. The number of nitrogens with zero attached hydrogens (tertiary/aromatic N) is 5. The number of methoxy groups -OCH3 is 1. The topological polar surface area (TPSA) is 63.5 Å². The van der Waals surface area contributed by atoms with E-state index < -0.39 is 5.82 Å². The van der Waals surface area contributed by atoms with Crippen molar-refractivity contribution in [3.8, 4) is 17.1 Å². The van der Waals surface area contributed by atoms with Gasteiger partial charge in [0.25, 0.3) is 0 Å². The van der Waals surface area contributed by atoms with E-state index in [-0.39, 0.29) is 23.5 Å². The molecule has 1 atom stereocenters. The molecule has 3 aromatic rings. The van der Waals surface area contributed by atoms with Crippen LogP contribution in [0.5, 0.6) is 5.75 Å². The number of amides is 1. The Balaban J connectivity index is 1.47. The van der Waals surface area contributed by atoms with E-state index >= 15 is 0 Å². The lowest BCUT2D eigenvalue weighted by Gasteiger charge is -2.41. The Morgan fingerprint density at radius 1 is 1.27 bits per heavy atom. The average Bonchev–Trinajstić information content (AvgIpc) is 3.08. The summed E-state index contributed by atoms with van der Waals surface area (Å²) in [5.74, 6) is -0.0863. The van der Waals surface area contributed by atoms with Gasteiger partial charge in [-0.15, -0.1) is 0 Å². The molecule has 0 saturated carbocycles. The molecular weight excluding hydrogens is 468 g/mol. The lowest BCUT2D eigenvalue weighted by molar-refractivity contribution is -0.134. The second-order valence-corrected chi connectivity index (χ2v) is 8.73. The van der Waals surface area contributed by atoms with Gasteiger partial charge < -0.3 is 14.5 Å². The first-order chi connectivity index (χ1) is 15.8. The van der Waals surface area contributed by atoms with Crippen LogP contribution in [0.1, 0.15) is 12.6 Å². The number of anilines is 1. The molecule has 33 heavy (non-hydrogen) atoms. The molecule has 10 heteroatoms. The van der Waals surface area contributed by atoms with Crippen LogP contribution in [0.4, 0.5) is 10.1 Å². The van der Waals surface area contributed by atoms with E-state index in [2.05, 4.69) is 10.1 Å². The Morgan fingerprint density at radius 2 is 2.06 bits per heavy atom. The molecule has 4 rings (SSSR count). The summed E-state index contributed by atoms with van der Waals surface area (Å²) < 4.78 is 21.4. The zero-order valence-corrected chi connectivity index (χ0v) is 20.1. The van der Waals surface area contributed by atoms with Crippen LogP contribution in [0.15, 0.2) is 36.5 Å². The van der Waals surface area contributed by atoms with Crippen molar-refractivity contribution in [3.63, 3.8) is 0 Å². The van der Waals surface area contributed by atoms with Gasteiger partial charge in [0, 0.05) is 37.9 Å². The van der Waals surface area contributed by atoms with E-state index in [9.17, 15) is 9.18 Å². The SMILES string of the molecule is COc1cc(N2CCN(C(=O)Cn3nc(-c4ccccn4)c(Cl)c3C)[C@@H](C)C2)c(F)cc1Cl. The van der Waals surface area contributed by atoms with Crippen molar-refractivity contribution in [2.45, 2.75) is 26.4 Å². The molecule has 0 N–H and O–H groups in total. The molecule has 0 aliphatic carbocycles. The second-order valence-electron chi connectivity index (χ2n) is 7.94. The molecule has 174 valence electrons. The number of benzene rings is 1. The van der Waals surface area contributed by atoms with Crippen LogP contribution >= 0.6 is 23.2 Å². The van der Waals surface area contributed by atoms with Crippen LogP contribution in [0.25, 0.3) is 11.4 Å². The summed E-state index contributed by atoms with van der Waals surface area (Å²) in [4.78, 5) is 21.1. The maximum atomic E-state index is 14.6. The van der Waals surface area contributed by atoms with Crippen LogP contribution in [-0.4, -0.2) is 58.4 Å². The van der Waals surface area contributed by atoms with E-state index in [1.165, 1.54) is 13.2 Å². The number of carbonyl (C=O) groups is 1. The molecular formula is C23H24Cl2FN5O2. The number of pyridine rings is 1. The summed E-state index contributed by atoms with van der Waals surface area (Å²) in [6, 6.07) is 8.22. The third kappa shape index (κ3) is 4.63. The minimum Gasteiger partial charge on any atom is -0.495 e. The van der Waals surface area contributed by atoms with Gasteiger partial charge in [-0.05, 0) is 32.0 Å². The first kappa shape index (κ1) is 23.3. The van der Waals surface area contributed by atoms with Gasteiger partial charge in [-0.3, -0.25) is 14.5 Å². The Bertz CT molecular complexity index is 1170. The zero-order valence-electron chi connectivity index (χ0n) is 18.6. The number of hydrogen-bond donors (Lipinski definition) is 0. The average molecular weight is 492 g/mol. The molecule has 1 amide bonds. The molecule has 2 aromatic heterocycles. The smallest absolute Gasteiger partial charge is 0.244 e. The van der Waals surface area contributed by atoms with Crippen molar-refractivity contribution in [1.29, 1.82) is 0 Å². The van der Waals surface area contributed by atoms with Crippen molar-refractivity contribution in [2.75, 3.05) is 31.6 Å². The Morgan fingerprint density at radius 3 is 2.73 bits per heavy atom. The Kier molecular flexibility index (Phi) is 6.76. The summed E-state index contributed by atoms with van der Waals surface area (Å²) >= 11 is 12.5. The predicted octanol–water partition coefficient (Wildman–Crippen LogP) is 4.45. The van der Waals surface area contributed by atoms with E-state index in [1.807, 2.05) is 36.9 Å². The number of halogens is 3. The second kappa shape index (κ2) is 9.57. The van der Waals surface area contributed by atoms with Crippen LogP contribution in [0.3, 0.4) is 0 Å². The molecule has 0 bridgehead atoms. The van der Waals surface area contributed by atoms with Crippen molar-refractivity contribution < 1.29 is 13.9 Å². The highest BCUT2D eigenvalue weighted by Crippen LogP contribution is 2.33. The molecule has 1 fully saturated rings. The van der Waals surface area contributed by atoms with Crippen LogP contribution < -0.4 is 9.64 Å². The number of rotatable bonds is 5. The summed E-state index contributed by atoms with van der Waals surface area (Å²) in [6.45, 7) is 5.24. The molecule has 1 aliphatic rings. The Hall–Kier alpha value is -2.84. The molecule has 1 aromatic carbocycles. The number of piperazine rings is 1. The van der Waals surface area contributed by atoms with Gasteiger partial charge in [0.2, 0.25) is 5.91 Å². The van der Waals surface area contributed by atoms with Gasteiger partial charge in [-0.2, -0.15) is 5.10 Å². The van der Waals surface area contributed by atoms with E-state index in [4.69, 9.17) is 27.9 Å². The van der Waals surface area contributed by atoms with E-state index in [0.717, 1.165) is 0 Å². The third-order valence-corrected chi connectivity index (χ3v) is 6.58. The van der Waals surface area contributed by atoms with Crippen molar-refractivity contribution in [2.24, 2.45) is 0 Å². The molecule has 1 aliphatic heterocycles. The highest BCUT2D eigenvalue weighted by molar-refractivity contribution is 6.33. The first-order valence-corrected chi connectivity index (χ1v) is 11.3. The summed E-state index contributed by atoms with van der Waals surface area (Å²) in [5.41, 5.74) is 2.31. The number of carbonyl (C=O) groups excluding carboxylic acids is 1. The highest BCUT2D eigenvalue weighted by atomic mass is 35.5. The molecule has 3 heterocycles. The lowest BCUT2D eigenvalue weighted by atomic mass is 10.1. The van der Waals surface area contributed by atoms with Crippen LogP contribution in [-0.2, 0) is 11.3 Å². The maximum Gasteiger partial charge on any atom is 0.244 e. The fourth-order valence-electron chi connectivity index (χ4n) is 4.03. The highest BCUT2D eigenvalue weighted by Gasteiger charge is 2.30. The lowest BCUT2D eigenvalue weighted by Crippen LogP contribution is -2.55. The molecule has 1 saturated heterocycles.